The van der Waals surface area contributed by atoms with Crippen LogP contribution in [0.15, 0.2) is 12.1 Å². The Kier molecular flexibility index (Phi) is 17.5. The number of nitrogens with one attached hydrogen (secondary N) is 1. The molecule has 132 valence electrons. The molecule has 1 rings (SSSR count). The number of hydrogen-bond donors (Lipinski definition) is 2. The number of nitrogens with two attached hydrogens (primary N) is 1. The van der Waals surface area contributed by atoms with Gasteiger partial charge in [-0.2, -0.15) is 0 Å². The third kappa shape index (κ3) is 9.83. The van der Waals surface area contributed by atoms with Crippen LogP contribution in [0.4, 0.5) is 18.9 Å². The Balaban J connectivity index is -0.000000307. The molecule has 0 aliphatic rings. The fourth-order valence-electron chi connectivity index (χ4n) is 1.21. The number of alkyl halides is 1. The molecule has 1 aromatic rings. The van der Waals surface area contributed by atoms with Crippen molar-refractivity contribution in [1.29, 1.82) is 0 Å². The smallest absolute Gasteiger partial charge is 0.194 e. The molecule has 3 N–H and O–H groups in total. The third-order valence-corrected chi connectivity index (χ3v) is 2.52. The number of ether oxygens (including phenoxy) is 2. The van der Waals surface area contributed by atoms with Crippen LogP contribution >= 0.6 is 11.6 Å². The summed E-state index contributed by atoms with van der Waals surface area (Å²) in [6.07, 6.45) is 1.73. The molecule has 0 aliphatic carbocycles. The van der Waals surface area contributed by atoms with Gasteiger partial charge < -0.3 is 14.9 Å². The number of rotatable bonds is 6. The van der Waals surface area contributed by atoms with E-state index in [0.29, 0.717) is 5.88 Å². The van der Waals surface area contributed by atoms with Gasteiger partial charge >= 0.3 is 0 Å². The van der Waals surface area contributed by atoms with Crippen molar-refractivity contribution in [2.45, 2.75) is 34.0 Å². The van der Waals surface area contributed by atoms with Gasteiger partial charge in [-0.05, 0) is 12.8 Å². The molecular weight excluding hydrogens is 321 g/mol. The monoisotopic (exact) mass is 346 g/mol. The first-order valence-corrected chi connectivity index (χ1v) is 6.26. The summed E-state index contributed by atoms with van der Waals surface area (Å²) >= 11 is 5.45. The van der Waals surface area contributed by atoms with E-state index in [0.717, 1.165) is 25.0 Å². The summed E-state index contributed by atoms with van der Waals surface area (Å²) in [5.41, 5.74) is 1.98. The van der Waals surface area contributed by atoms with E-state index in [1.807, 2.05) is 5.43 Å². The Labute approximate surface area is 135 Å². The molecule has 1 aromatic carbocycles. The van der Waals surface area contributed by atoms with E-state index in [9.17, 15) is 13.2 Å². The third-order valence-electron chi connectivity index (χ3n) is 2.25. The standard InChI is InChI=1S/C6H13ClO2.C6H5F3N2.2CH4/c1-8-6(9-2)4-3-5-7;7-4-1-3(11-10)2-5(8)6(4)9;;/h6H,3-5H2,1-2H3;1-2,11H,10H2;2*1H4. The van der Waals surface area contributed by atoms with Crippen molar-refractivity contribution in [3.8, 4) is 0 Å². The van der Waals surface area contributed by atoms with Crippen molar-refractivity contribution in [2.24, 2.45) is 5.84 Å². The van der Waals surface area contributed by atoms with Crippen molar-refractivity contribution in [2.75, 3.05) is 25.5 Å². The normalized spacial score (nSPS) is 9.27. The Hall–Kier alpha value is -1.02. The maximum absolute atomic E-state index is 12.3. The summed E-state index contributed by atoms with van der Waals surface area (Å²) in [5.74, 6) is 1.47. The highest BCUT2D eigenvalue weighted by molar-refractivity contribution is 6.17. The minimum atomic E-state index is -1.50. The van der Waals surface area contributed by atoms with Gasteiger partial charge in [-0.15, -0.1) is 11.6 Å². The van der Waals surface area contributed by atoms with Crippen LogP contribution in [0.1, 0.15) is 27.7 Å². The Morgan fingerprint density at radius 2 is 1.59 bits per heavy atom. The number of halogens is 4. The largest absolute Gasteiger partial charge is 0.356 e. The van der Waals surface area contributed by atoms with E-state index in [1.54, 1.807) is 14.2 Å². The quantitative estimate of drug-likeness (QED) is 0.265. The minimum absolute atomic E-state index is 0. The van der Waals surface area contributed by atoms with E-state index < -0.39 is 17.5 Å². The summed E-state index contributed by atoms with van der Waals surface area (Å²) in [4.78, 5) is 0. The predicted octanol–water partition coefficient (Wildman–Crippen LogP) is 4.29. The van der Waals surface area contributed by atoms with Crippen LogP contribution in [0.2, 0.25) is 0 Å². The molecule has 0 radical (unpaired) electrons. The predicted molar refractivity (Wildman–Crippen MR) is 85.3 cm³/mol. The molecule has 0 aromatic heterocycles. The second-order valence-corrected chi connectivity index (χ2v) is 4.01. The first kappa shape index (κ1) is 25.9. The number of hydrazine groups is 1. The fraction of sp³-hybridized carbons (Fsp3) is 0.571. The summed E-state index contributed by atoms with van der Waals surface area (Å²) in [6, 6.07) is 1.52. The van der Waals surface area contributed by atoms with Gasteiger partial charge in [0.15, 0.2) is 23.7 Å². The number of anilines is 1. The summed E-state index contributed by atoms with van der Waals surface area (Å²) in [7, 11) is 3.25. The van der Waals surface area contributed by atoms with Gasteiger partial charge in [0, 0.05) is 32.2 Å². The zero-order valence-electron chi connectivity index (χ0n) is 11.3. The van der Waals surface area contributed by atoms with Crippen LogP contribution in [-0.2, 0) is 9.47 Å². The lowest BCUT2D eigenvalue weighted by molar-refractivity contribution is -0.106. The number of hydrogen-bond acceptors (Lipinski definition) is 4. The van der Waals surface area contributed by atoms with Crippen LogP contribution < -0.4 is 11.3 Å². The van der Waals surface area contributed by atoms with Gasteiger partial charge in [0.25, 0.3) is 0 Å². The van der Waals surface area contributed by atoms with E-state index in [1.165, 1.54) is 0 Å². The molecule has 0 unspecified atom stereocenters. The zero-order chi connectivity index (χ0) is 15.5. The molecule has 8 heteroatoms. The second-order valence-electron chi connectivity index (χ2n) is 3.63. The van der Waals surface area contributed by atoms with Gasteiger partial charge in [-0.1, -0.05) is 14.9 Å². The van der Waals surface area contributed by atoms with Crippen molar-refractivity contribution >= 4 is 17.3 Å². The zero-order valence-corrected chi connectivity index (χ0v) is 12.0. The minimum Gasteiger partial charge on any atom is -0.356 e. The van der Waals surface area contributed by atoms with Crippen molar-refractivity contribution in [3.63, 3.8) is 0 Å². The topological polar surface area (TPSA) is 56.5 Å². The van der Waals surface area contributed by atoms with Gasteiger partial charge in [0.2, 0.25) is 0 Å². The van der Waals surface area contributed by atoms with Gasteiger partial charge in [-0.3, -0.25) is 5.84 Å². The van der Waals surface area contributed by atoms with Crippen molar-refractivity contribution < 1.29 is 22.6 Å². The molecule has 0 saturated carbocycles. The van der Waals surface area contributed by atoms with Crippen LogP contribution in [0.3, 0.4) is 0 Å². The molecule has 0 aliphatic heterocycles. The molecule has 0 saturated heterocycles. The maximum atomic E-state index is 12.3. The molecule has 22 heavy (non-hydrogen) atoms. The molecule has 0 amide bonds. The van der Waals surface area contributed by atoms with E-state index in [4.69, 9.17) is 26.9 Å². The lowest BCUT2D eigenvalue weighted by Crippen LogP contribution is -2.12. The molecule has 0 bridgehead atoms. The molecule has 0 heterocycles. The highest BCUT2D eigenvalue weighted by Gasteiger charge is 2.09. The van der Waals surface area contributed by atoms with Crippen LogP contribution in [0.25, 0.3) is 0 Å². The molecular formula is C14H26ClF3N2O2. The molecule has 4 nitrogen and oxygen atoms in total. The second kappa shape index (κ2) is 14.9. The Morgan fingerprint density at radius 3 is 1.91 bits per heavy atom. The van der Waals surface area contributed by atoms with Crippen LogP contribution in [0.5, 0.6) is 0 Å². The first-order valence-electron chi connectivity index (χ1n) is 5.72. The van der Waals surface area contributed by atoms with Crippen molar-refractivity contribution in [1.82, 2.24) is 0 Å². The van der Waals surface area contributed by atoms with Crippen LogP contribution in [0, 0.1) is 17.5 Å². The molecule has 0 atom stereocenters. The summed E-state index contributed by atoms with van der Waals surface area (Å²) in [6.45, 7) is 0. The van der Waals surface area contributed by atoms with E-state index in [2.05, 4.69) is 0 Å². The average molecular weight is 347 g/mol. The lowest BCUT2D eigenvalue weighted by Gasteiger charge is -2.11. The van der Waals surface area contributed by atoms with Gasteiger partial charge in [0.1, 0.15) is 0 Å². The Morgan fingerprint density at radius 1 is 1.14 bits per heavy atom. The maximum Gasteiger partial charge on any atom is 0.194 e. The summed E-state index contributed by atoms with van der Waals surface area (Å²) in [5, 5.41) is 0. The molecule has 0 fully saturated rings. The van der Waals surface area contributed by atoms with Gasteiger partial charge in [0.05, 0.1) is 5.69 Å². The summed E-state index contributed by atoms with van der Waals surface area (Å²) < 4.78 is 46.7. The first-order chi connectivity index (χ1) is 9.49. The Bertz CT molecular complexity index is 371. The van der Waals surface area contributed by atoms with Crippen molar-refractivity contribution in [3.05, 3.63) is 29.6 Å². The fourth-order valence-corrected chi connectivity index (χ4v) is 1.37. The van der Waals surface area contributed by atoms with E-state index in [-0.39, 0.29) is 26.8 Å². The van der Waals surface area contributed by atoms with Gasteiger partial charge in [-0.25, -0.2) is 13.2 Å². The lowest BCUT2D eigenvalue weighted by atomic mass is 10.3. The van der Waals surface area contributed by atoms with E-state index >= 15 is 0 Å². The molecule has 0 spiro atoms. The number of nitrogen functional groups attached to an aromatic ring is 1. The van der Waals surface area contributed by atoms with Crippen LogP contribution in [-0.4, -0.2) is 26.4 Å². The number of benzene rings is 1. The average Bonchev–Trinajstić information content (AvgIpc) is 2.46. The highest BCUT2D eigenvalue weighted by atomic mass is 35.5. The highest BCUT2D eigenvalue weighted by Crippen LogP contribution is 2.15. The number of methoxy groups -OCH3 is 2. The SMILES string of the molecule is C.C.COC(CCCCl)OC.NNc1cc(F)c(F)c(F)c1.